The van der Waals surface area contributed by atoms with Gasteiger partial charge in [-0.15, -0.1) is 4.76 Å². The molecule has 0 fully saturated rings. The van der Waals surface area contributed by atoms with Crippen molar-refractivity contribution < 1.29 is 9.36 Å². The molecule has 100 valence electrons. The van der Waals surface area contributed by atoms with Crippen molar-refractivity contribution >= 4 is 13.4 Å². The lowest BCUT2D eigenvalue weighted by Gasteiger charge is -2.11. The van der Waals surface area contributed by atoms with E-state index < -0.39 is 7.29 Å². The lowest BCUT2D eigenvalue weighted by Crippen LogP contribution is -1.94. The molecule has 0 aliphatic heterocycles. The Kier molecular flexibility index (Phi) is 10.5. The molecule has 0 aromatic rings. The summed E-state index contributed by atoms with van der Waals surface area (Å²) in [6.07, 6.45) is 11.4. The van der Waals surface area contributed by atoms with Gasteiger partial charge in [0.25, 0.3) is 0 Å². The molecular weight excluding hydrogens is 233 g/mol. The molecule has 4 heteroatoms. The Hall–Kier alpha value is -0.390. The van der Waals surface area contributed by atoms with Crippen molar-refractivity contribution in [3.63, 3.8) is 0 Å². The summed E-state index contributed by atoms with van der Waals surface area (Å²) in [6, 6.07) is 0. The molecule has 0 heterocycles. The maximum Gasteiger partial charge on any atom is 0.241 e. The Balaban J connectivity index is 3.98. The Labute approximate surface area is 106 Å². The highest BCUT2D eigenvalue weighted by Gasteiger charge is 2.19. The van der Waals surface area contributed by atoms with E-state index in [1.165, 1.54) is 18.9 Å². The third-order valence-electron chi connectivity index (χ3n) is 2.95. The van der Waals surface area contributed by atoms with Crippen LogP contribution in [0.2, 0.25) is 0 Å². The van der Waals surface area contributed by atoms with Gasteiger partial charge in [-0.2, -0.15) is 0 Å². The minimum Gasteiger partial charge on any atom is -0.298 e. The predicted octanol–water partition coefficient (Wildman–Crippen LogP) is 4.76. The molecule has 0 bridgehead atoms. The second-order valence-electron chi connectivity index (χ2n) is 4.61. The molecule has 0 saturated carbocycles. The van der Waals surface area contributed by atoms with E-state index >= 15 is 0 Å². The van der Waals surface area contributed by atoms with Gasteiger partial charge in [0.1, 0.15) is 0 Å². The van der Waals surface area contributed by atoms with Crippen molar-refractivity contribution in [2.24, 2.45) is 4.76 Å². The monoisotopic (exact) mass is 259 g/mol. The van der Waals surface area contributed by atoms with Gasteiger partial charge in [-0.25, -0.2) is 4.79 Å². The highest BCUT2D eigenvalue weighted by molar-refractivity contribution is 7.62. The first kappa shape index (κ1) is 16.6. The van der Waals surface area contributed by atoms with Crippen molar-refractivity contribution in [2.45, 2.75) is 65.2 Å². The summed E-state index contributed by atoms with van der Waals surface area (Å²) >= 11 is 0. The standard InChI is InChI=1S/C13H26NO2P/c1-3-5-7-9-11-17(16,14-13-15)12-10-8-6-4-2/h3-12H2,1-2H3. The average molecular weight is 259 g/mol. The van der Waals surface area contributed by atoms with Crippen molar-refractivity contribution in [2.75, 3.05) is 12.3 Å². The molecule has 0 rings (SSSR count). The van der Waals surface area contributed by atoms with Crippen LogP contribution in [-0.4, -0.2) is 18.4 Å². The smallest absolute Gasteiger partial charge is 0.241 e. The van der Waals surface area contributed by atoms with Crippen LogP contribution in [0.4, 0.5) is 0 Å². The lowest BCUT2D eigenvalue weighted by molar-refractivity contribution is 0.557. The van der Waals surface area contributed by atoms with Crippen LogP contribution in [0.25, 0.3) is 0 Å². The van der Waals surface area contributed by atoms with Crippen LogP contribution in [0.5, 0.6) is 0 Å². The number of hydrogen-bond donors (Lipinski definition) is 0. The largest absolute Gasteiger partial charge is 0.298 e. The van der Waals surface area contributed by atoms with E-state index in [2.05, 4.69) is 18.6 Å². The van der Waals surface area contributed by atoms with E-state index in [0.29, 0.717) is 12.3 Å². The molecule has 17 heavy (non-hydrogen) atoms. The lowest BCUT2D eigenvalue weighted by atomic mass is 10.2. The van der Waals surface area contributed by atoms with Gasteiger partial charge in [0.05, 0.1) is 0 Å². The van der Waals surface area contributed by atoms with Crippen molar-refractivity contribution in [3.05, 3.63) is 0 Å². The van der Waals surface area contributed by atoms with Crippen molar-refractivity contribution in [1.82, 2.24) is 0 Å². The molecule has 0 unspecified atom stereocenters. The Morgan fingerprint density at radius 1 is 0.882 bits per heavy atom. The van der Waals surface area contributed by atoms with Crippen molar-refractivity contribution in [3.8, 4) is 0 Å². The average Bonchev–Trinajstić information content (AvgIpc) is 2.31. The third kappa shape index (κ3) is 9.32. The third-order valence-corrected chi connectivity index (χ3v) is 5.42. The van der Waals surface area contributed by atoms with Gasteiger partial charge < -0.3 is 0 Å². The number of isocyanates is 1. The van der Waals surface area contributed by atoms with Gasteiger partial charge in [-0.05, 0) is 12.8 Å². The zero-order chi connectivity index (χ0) is 13.0. The molecule has 0 radical (unpaired) electrons. The number of nitrogens with zero attached hydrogens (tertiary/aromatic N) is 1. The summed E-state index contributed by atoms with van der Waals surface area (Å²) in [5, 5.41) is 0. The number of rotatable bonds is 11. The zero-order valence-electron chi connectivity index (χ0n) is 11.3. The van der Waals surface area contributed by atoms with E-state index in [1.807, 2.05) is 0 Å². The Morgan fingerprint density at radius 2 is 1.35 bits per heavy atom. The Bertz CT molecular complexity index is 257. The molecule has 0 aromatic heterocycles. The van der Waals surface area contributed by atoms with Crippen LogP contribution in [-0.2, 0) is 9.36 Å². The minimum absolute atomic E-state index is 0.592. The van der Waals surface area contributed by atoms with Gasteiger partial charge in [0.15, 0.2) is 0 Å². The molecule has 0 aliphatic carbocycles. The van der Waals surface area contributed by atoms with E-state index in [-0.39, 0.29) is 0 Å². The number of carbonyl (C=O) groups excluding carboxylic acids is 1. The first-order valence-electron chi connectivity index (χ1n) is 6.86. The summed E-state index contributed by atoms with van der Waals surface area (Å²) in [6.45, 7) is 4.29. The maximum atomic E-state index is 12.3. The second kappa shape index (κ2) is 10.7. The van der Waals surface area contributed by atoms with Gasteiger partial charge in [0, 0.05) is 12.3 Å². The van der Waals surface area contributed by atoms with E-state index in [0.717, 1.165) is 38.5 Å². The van der Waals surface area contributed by atoms with Crippen LogP contribution >= 0.6 is 7.29 Å². The first-order valence-corrected chi connectivity index (χ1v) is 8.89. The van der Waals surface area contributed by atoms with Crippen LogP contribution in [0, 0.1) is 0 Å². The Morgan fingerprint density at radius 3 is 1.71 bits per heavy atom. The topological polar surface area (TPSA) is 46.5 Å². The molecule has 0 aromatic carbocycles. The minimum atomic E-state index is -2.60. The molecule has 0 atom stereocenters. The summed E-state index contributed by atoms with van der Waals surface area (Å²) < 4.78 is 15.9. The number of unbranched alkanes of at least 4 members (excludes halogenated alkanes) is 6. The molecular formula is C13H26NO2P. The predicted molar refractivity (Wildman–Crippen MR) is 73.7 cm³/mol. The van der Waals surface area contributed by atoms with E-state index in [4.69, 9.17) is 0 Å². The highest BCUT2D eigenvalue weighted by Crippen LogP contribution is 2.48. The fourth-order valence-electron chi connectivity index (χ4n) is 1.86. The van der Waals surface area contributed by atoms with Crippen LogP contribution in [0.1, 0.15) is 65.2 Å². The van der Waals surface area contributed by atoms with Crippen LogP contribution < -0.4 is 0 Å². The molecule has 0 amide bonds. The summed E-state index contributed by atoms with van der Waals surface area (Å²) in [4.78, 5) is 10.3. The zero-order valence-corrected chi connectivity index (χ0v) is 12.2. The molecule has 3 nitrogen and oxygen atoms in total. The molecule has 0 spiro atoms. The van der Waals surface area contributed by atoms with Gasteiger partial charge in [0.2, 0.25) is 13.4 Å². The van der Waals surface area contributed by atoms with Crippen LogP contribution in [0.15, 0.2) is 4.76 Å². The van der Waals surface area contributed by atoms with Gasteiger partial charge in [-0.1, -0.05) is 52.4 Å². The summed E-state index contributed by atoms with van der Waals surface area (Å²) in [5.41, 5.74) is 0. The second-order valence-corrected chi connectivity index (χ2v) is 7.39. The SMILES string of the molecule is CCCCCCP(=O)(CCCCCC)N=C=O. The fraction of sp³-hybridized carbons (Fsp3) is 0.923. The summed E-state index contributed by atoms with van der Waals surface area (Å²) in [5.74, 6) is 0. The fourth-order valence-corrected chi connectivity index (χ4v) is 3.87. The van der Waals surface area contributed by atoms with Gasteiger partial charge >= 0.3 is 0 Å². The molecule has 0 aliphatic rings. The molecule has 0 saturated heterocycles. The van der Waals surface area contributed by atoms with E-state index in [1.54, 1.807) is 0 Å². The van der Waals surface area contributed by atoms with Crippen molar-refractivity contribution in [1.29, 1.82) is 0 Å². The quantitative estimate of drug-likeness (QED) is 0.232. The summed E-state index contributed by atoms with van der Waals surface area (Å²) in [7, 11) is -2.60. The normalized spacial score (nSPS) is 11.2. The number of hydrogen-bond acceptors (Lipinski definition) is 2. The molecule has 0 N–H and O–H groups in total. The first-order chi connectivity index (χ1) is 8.18. The highest BCUT2D eigenvalue weighted by atomic mass is 31.2. The van der Waals surface area contributed by atoms with E-state index in [9.17, 15) is 9.36 Å². The maximum absolute atomic E-state index is 12.3. The van der Waals surface area contributed by atoms with Crippen LogP contribution in [0.3, 0.4) is 0 Å². The van der Waals surface area contributed by atoms with Gasteiger partial charge in [-0.3, -0.25) is 4.57 Å².